The summed E-state index contributed by atoms with van der Waals surface area (Å²) >= 11 is 0. The van der Waals surface area contributed by atoms with Gasteiger partial charge in [-0.3, -0.25) is 4.90 Å². The van der Waals surface area contributed by atoms with Crippen molar-refractivity contribution in [1.29, 1.82) is 5.26 Å². The molecule has 1 heterocycles. The number of hydrogen-bond donors (Lipinski definition) is 0. The fraction of sp³-hybridized carbons (Fsp3) is 0.536. The fourth-order valence-corrected chi connectivity index (χ4v) is 4.83. The minimum atomic E-state index is -0.415. The van der Waals surface area contributed by atoms with E-state index >= 15 is 0 Å². The second-order valence-electron chi connectivity index (χ2n) is 9.23. The van der Waals surface area contributed by atoms with Gasteiger partial charge in [0.2, 0.25) is 5.75 Å². The summed E-state index contributed by atoms with van der Waals surface area (Å²) in [6.07, 6.45) is 1.92. The van der Waals surface area contributed by atoms with Crippen LogP contribution < -0.4 is 14.2 Å². The Morgan fingerprint density at radius 2 is 1.53 bits per heavy atom. The summed E-state index contributed by atoms with van der Waals surface area (Å²) in [5, 5.41) is 10.1. The molecule has 1 atom stereocenters. The molecule has 1 aliphatic rings. The van der Waals surface area contributed by atoms with Gasteiger partial charge in [-0.25, -0.2) is 0 Å². The SMILES string of the molecule is COc1cccc(OCCN2CCN(CCCC(C#N)(c3ccccc3)C(C)C)CC2)c1OC. The minimum absolute atomic E-state index is 0.278. The molecule has 6 heteroatoms. The zero-order valence-electron chi connectivity index (χ0n) is 21.1. The van der Waals surface area contributed by atoms with Gasteiger partial charge in [0.1, 0.15) is 6.61 Å². The van der Waals surface area contributed by atoms with Crippen LogP contribution in [0.15, 0.2) is 48.5 Å². The number of nitriles is 1. The summed E-state index contributed by atoms with van der Waals surface area (Å²) < 4.78 is 16.8. The number of hydrogen-bond acceptors (Lipinski definition) is 6. The highest BCUT2D eigenvalue weighted by atomic mass is 16.5. The Morgan fingerprint density at radius 3 is 2.12 bits per heavy atom. The molecule has 1 fully saturated rings. The van der Waals surface area contributed by atoms with E-state index in [2.05, 4.69) is 41.8 Å². The quantitative estimate of drug-likeness (QED) is 0.457. The standard InChI is InChI=1S/C28H39N3O3/c1-23(2)28(22-29,24-10-6-5-7-11-24)14-9-15-30-16-18-31(19-17-30)20-21-34-26-13-8-12-25(32-3)27(26)33-4/h5-8,10-13,23H,9,14-21H2,1-4H3. The van der Waals surface area contributed by atoms with Crippen LogP contribution >= 0.6 is 0 Å². The fourth-order valence-electron chi connectivity index (χ4n) is 4.83. The molecule has 1 saturated heterocycles. The molecular weight excluding hydrogens is 426 g/mol. The molecule has 34 heavy (non-hydrogen) atoms. The normalized spacial score (nSPS) is 16.6. The van der Waals surface area contributed by atoms with Crippen molar-refractivity contribution >= 4 is 0 Å². The Morgan fingerprint density at radius 1 is 0.882 bits per heavy atom. The molecule has 2 aromatic carbocycles. The predicted molar refractivity (Wildman–Crippen MR) is 136 cm³/mol. The minimum Gasteiger partial charge on any atom is -0.493 e. The monoisotopic (exact) mass is 465 g/mol. The third-order valence-electron chi connectivity index (χ3n) is 7.02. The maximum atomic E-state index is 10.1. The van der Waals surface area contributed by atoms with Crippen LogP contribution in [0.1, 0.15) is 32.3 Å². The van der Waals surface area contributed by atoms with E-state index in [1.807, 2.05) is 36.4 Å². The van der Waals surface area contributed by atoms with Gasteiger partial charge < -0.3 is 19.1 Å². The Bertz CT molecular complexity index is 920. The Hall–Kier alpha value is -2.75. The summed E-state index contributed by atoms with van der Waals surface area (Å²) in [5.41, 5.74) is 0.728. The first-order valence-electron chi connectivity index (χ1n) is 12.3. The molecule has 0 saturated carbocycles. The number of nitrogens with zero attached hydrogens (tertiary/aromatic N) is 3. The second-order valence-corrected chi connectivity index (χ2v) is 9.23. The highest BCUT2D eigenvalue weighted by Gasteiger charge is 2.35. The maximum absolute atomic E-state index is 10.1. The molecule has 0 aromatic heterocycles. The number of methoxy groups -OCH3 is 2. The van der Waals surface area contributed by atoms with Crippen molar-refractivity contribution in [2.45, 2.75) is 32.1 Å². The largest absolute Gasteiger partial charge is 0.493 e. The highest BCUT2D eigenvalue weighted by Crippen LogP contribution is 2.37. The first-order chi connectivity index (χ1) is 16.5. The first-order valence-corrected chi connectivity index (χ1v) is 12.3. The van der Waals surface area contributed by atoms with E-state index < -0.39 is 5.41 Å². The van der Waals surface area contributed by atoms with Gasteiger partial charge in [0, 0.05) is 32.7 Å². The van der Waals surface area contributed by atoms with Gasteiger partial charge >= 0.3 is 0 Å². The van der Waals surface area contributed by atoms with Crippen molar-refractivity contribution < 1.29 is 14.2 Å². The summed E-state index contributed by atoms with van der Waals surface area (Å²) in [6.45, 7) is 11.0. The van der Waals surface area contributed by atoms with Gasteiger partial charge in [-0.15, -0.1) is 0 Å². The third kappa shape index (κ3) is 6.22. The van der Waals surface area contributed by atoms with E-state index in [-0.39, 0.29) is 5.92 Å². The van der Waals surface area contributed by atoms with Crippen LogP contribution in [0.4, 0.5) is 0 Å². The summed E-state index contributed by atoms with van der Waals surface area (Å²) in [6, 6.07) is 18.7. The van der Waals surface area contributed by atoms with Crippen molar-refractivity contribution in [1.82, 2.24) is 9.80 Å². The van der Waals surface area contributed by atoms with Crippen molar-refractivity contribution in [2.75, 3.05) is 60.1 Å². The van der Waals surface area contributed by atoms with Gasteiger partial charge in [-0.05, 0) is 43.0 Å². The van der Waals surface area contributed by atoms with Crippen molar-refractivity contribution in [2.24, 2.45) is 5.92 Å². The summed E-state index contributed by atoms with van der Waals surface area (Å²) in [4.78, 5) is 4.97. The third-order valence-corrected chi connectivity index (χ3v) is 7.02. The number of rotatable bonds is 12. The lowest BCUT2D eigenvalue weighted by molar-refractivity contribution is 0.113. The number of para-hydroxylation sites is 1. The van der Waals surface area contributed by atoms with E-state index in [0.29, 0.717) is 23.9 Å². The van der Waals surface area contributed by atoms with Crippen LogP contribution in [0.2, 0.25) is 0 Å². The van der Waals surface area contributed by atoms with Crippen molar-refractivity contribution in [3.05, 3.63) is 54.1 Å². The zero-order valence-corrected chi connectivity index (χ0v) is 21.1. The van der Waals surface area contributed by atoms with E-state index in [1.165, 1.54) is 0 Å². The lowest BCUT2D eigenvalue weighted by atomic mass is 9.70. The zero-order chi connectivity index (χ0) is 24.4. The average molecular weight is 466 g/mol. The van der Waals surface area contributed by atoms with Gasteiger partial charge in [0.15, 0.2) is 11.5 Å². The molecule has 3 rings (SSSR count). The molecule has 0 radical (unpaired) electrons. The lowest BCUT2D eigenvalue weighted by Gasteiger charge is -2.36. The maximum Gasteiger partial charge on any atom is 0.203 e. The molecule has 0 amide bonds. The highest BCUT2D eigenvalue weighted by molar-refractivity contribution is 5.51. The van der Waals surface area contributed by atoms with Crippen LogP contribution in [0.25, 0.3) is 0 Å². The predicted octanol–water partition coefficient (Wildman–Crippen LogP) is 4.60. The molecule has 1 unspecified atom stereocenters. The second kappa shape index (κ2) is 12.6. The number of benzene rings is 2. The number of ether oxygens (including phenoxy) is 3. The number of piperazine rings is 1. The van der Waals surface area contributed by atoms with Gasteiger partial charge in [0.25, 0.3) is 0 Å². The molecule has 0 aliphatic carbocycles. The molecule has 0 N–H and O–H groups in total. The summed E-state index contributed by atoms with van der Waals surface area (Å²) in [7, 11) is 3.26. The van der Waals surface area contributed by atoms with E-state index in [4.69, 9.17) is 14.2 Å². The lowest BCUT2D eigenvalue weighted by Crippen LogP contribution is -2.47. The van der Waals surface area contributed by atoms with Gasteiger partial charge in [0.05, 0.1) is 25.7 Å². The topological polar surface area (TPSA) is 58.0 Å². The van der Waals surface area contributed by atoms with Crippen molar-refractivity contribution in [3.8, 4) is 23.3 Å². The molecule has 184 valence electrons. The van der Waals surface area contributed by atoms with Gasteiger partial charge in [-0.1, -0.05) is 50.2 Å². The smallest absolute Gasteiger partial charge is 0.203 e. The molecule has 6 nitrogen and oxygen atoms in total. The van der Waals surface area contributed by atoms with Gasteiger partial charge in [-0.2, -0.15) is 5.26 Å². The first kappa shape index (κ1) is 25.9. The Labute approximate surface area is 205 Å². The Balaban J connectivity index is 1.42. The van der Waals surface area contributed by atoms with E-state index in [1.54, 1.807) is 14.2 Å². The molecule has 2 aromatic rings. The van der Waals surface area contributed by atoms with E-state index in [0.717, 1.165) is 57.7 Å². The molecule has 0 bridgehead atoms. The summed E-state index contributed by atoms with van der Waals surface area (Å²) in [5.74, 6) is 2.31. The van der Waals surface area contributed by atoms with Crippen LogP contribution in [0.5, 0.6) is 17.2 Å². The average Bonchev–Trinajstić information content (AvgIpc) is 2.87. The van der Waals surface area contributed by atoms with E-state index in [9.17, 15) is 5.26 Å². The Kier molecular flexibility index (Phi) is 9.62. The van der Waals surface area contributed by atoms with Crippen LogP contribution in [-0.4, -0.2) is 69.9 Å². The molecule has 1 aliphatic heterocycles. The molecular formula is C28H39N3O3. The van der Waals surface area contributed by atoms with Crippen molar-refractivity contribution in [3.63, 3.8) is 0 Å². The van der Waals surface area contributed by atoms with Crippen LogP contribution in [0, 0.1) is 17.2 Å². The van der Waals surface area contributed by atoms with Crippen LogP contribution in [0.3, 0.4) is 0 Å². The van der Waals surface area contributed by atoms with Crippen LogP contribution in [-0.2, 0) is 5.41 Å². The molecule has 0 spiro atoms.